The van der Waals surface area contributed by atoms with Crippen LogP contribution in [0.4, 0.5) is 5.69 Å². The van der Waals surface area contributed by atoms with Crippen molar-refractivity contribution in [1.82, 2.24) is 0 Å². The quantitative estimate of drug-likeness (QED) is 0.163. The molecular formula is C25H17Cl3N2O5. The molecule has 0 atom stereocenters. The van der Waals surface area contributed by atoms with Gasteiger partial charge in [0.1, 0.15) is 17.4 Å². The van der Waals surface area contributed by atoms with Crippen LogP contribution in [-0.4, -0.2) is 26.1 Å². The standard InChI is InChI=1S/C25H17Cl3N2O5/c1-33-18-6-3-15(4-7-18)25(32)35-23-20(28)10-14(11-22(23)34-2)9-16(13-29)24(31)30-21-12-17(26)5-8-19(21)27/h3-12H,1-2H3,(H,30,31)/b16-9+. The fraction of sp³-hybridized carbons (Fsp3) is 0.0800. The minimum Gasteiger partial charge on any atom is -0.497 e. The van der Waals surface area contributed by atoms with Gasteiger partial charge in [-0.15, -0.1) is 0 Å². The van der Waals surface area contributed by atoms with Crippen LogP contribution in [0.1, 0.15) is 15.9 Å². The Morgan fingerprint density at radius 3 is 2.29 bits per heavy atom. The lowest BCUT2D eigenvalue weighted by atomic mass is 10.1. The summed E-state index contributed by atoms with van der Waals surface area (Å²) in [7, 11) is 2.88. The minimum atomic E-state index is -0.707. The molecule has 10 heteroatoms. The third-order valence-electron chi connectivity index (χ3n) is 4.62. The number of nitriles is 1. The van der Waals surface area contributed by atoms with E-state index < -0.39 is 11.9 Å². The van der Waals surface area contributed by atoms with E-state index in [4.69, 9.17) is 49.0 Å². The van der Waals surface area contributed by atoms with Gasteiger partial charge in [-0.05, 0) is 66.2 Å². The molecule has 0 radical (unpaired) electrons. The molecule has 0 aliphatic rings. The van der Waals surface area contributed by atoms with E-state index in [9.17, 15) is 14.9 Å². The third-order valence-corrected chi connectivity index (χ3v) is 5.47. The maximum atomic E-state index is 12.6. The van der Waals surface area contributed by atoms with E-state index in [0.717, 1.165) is 0 Å². The molecule has 3 aromatic carbocycles. The van der Waals surface area contributed by atoms with Crippen molar-refractivity contribution in [1.29, 1.82) is 5.26 Å². The molecule has 0 bridgehead atoms. The highest BCUT2D eigenvalue weighted by molar-refractivity contribution is 6.36. The molecule has 0 saturated carbocycles. The third kappa shape index (κ3) is 6.46. The van der Waals surface area contributed by atoms with Gasteiger partial charge in [-0.1, -0.05) is 34.8 Å². The van der Waals surface area contributed by atoms with E-state index in [-0.39, 0.29) is 38.4 Å². The summed E-state index contributed by atoms with van der Waals surface area (Å²) in [5.41, 5.74) is 0.653. The second-order valence-electron chi connectivity index (χ2n) is 6.90. The van der Waals surface area contributed by atoms with Crippen LogP contribution < -0.4 is 19.5 Å². The first-order valence-corrected chi connectivity index (χ1v) is 11.0. The summed E-state index contributed by atoms with van der Waals surface area (Å²) in [6.07, 6.45) is 1.30. The monoisotopic (exact) mass is 530 g/mol. The molecule has 0 aliphatic carbocycles. The summed E-state index contributed by atoms with van der Waals surface area (Å²) >= 11 is 18.4. The van der Waals surface area contributed by atoms with Crippen LogP contribution in [0.15, 0.2) is 60.2 Å². The largest absolute Gasteiger partial charge is 0.497 e. The number of esters is 1. The van der Waals surface area contributed by atoms with Crippen molar-refractivity contribution >= 4 is 58.4 Å². The van der Waals surface area contributed by atoms with Crippen molar-refractivity contribution in [3.8, 4) is 23.3 Å². The van der Waals surface area contributed by atoms with Crippen LogP contribution in [0, 0.1) is 11.3 Å². The van der Waals surface area contributed by atoms with Crippen molar-refractivity contribution in [2.45, 2.75) is 0 Å². The van der Waals surface area contributed by atoms with Crippen LogP contribution in [0.25, 0.3) is 6.08 Å². The summed E-state index contributed by atoms with van der Waals surface area (Å²) in [5, 5.41) is 12.7. The molecule has 0 aromatic heterocycles. The number of hydrogen-bond donors (Lipinski definition) is 1. The van der Waals surface area contributed by atoms with E-state index in [2.05, 4.69) is 5.32 Å². The van der Waals surface area contributed by atoms with Gasteiger partial charge in [0.25, 0.3) is 5.91 Å². The average Bonchev–Trinajstić information content (AvgIpc) is 2.85. The maximum absolute atomic E-state index is 12.6. The van der Waals surface area contributed by atoms with Gasteiger partial charge in [0, 0.05) is 5.02 Å². The number of amides is 1. The fourth-order valence-electron chi connectivity index (χ4n) is 2.90. The van der Waals surface area contributed by atoms with E-state index in [1.807, 2.05) is 6.07 Å². The summed E-state index contributed by atoms with van der Waals surface area (Å²) in [6.45, 7) is 0. The zero-order valence-electron chi connectivity index (χ0n) is 18.4. The maximum Gasteiger partial charge on any atom is 0.343 e. The number of carbonyl (C=O) groups excluding carboxylic acids is 2. The molecule has 0 fully saturated rings. The van der Waals surface area contributed by atoms with Gasteiger partial charge in [-0.2, -0.15) is 5.26 Å². The first-order valence-electron chi connectivity index (χ1n) is 9.87. The molecule has 3 rings (SSSR count). The summed E-state index contributed by atoms with van der Waals surface area (Å²) in [5.74, 6) is -0.668. The number of hydrogen-bond acceptors (Lipinski definition) is 6. The van der Waals surface area contributed by atoms with Crippen molar-refractivity contribution in [2.24, 2.45) is 0 Å². The van der Waals surface area contributed by atoms with E-state index >= 15 is 0 Å². The SMILES string of the molecule is COc1ccc(C(=O)Oc2c(Cl)cc(/C=C(\C#N)C(=O)Nc3cc(Cl)ccc3Cl)cc2OC)cc1. The molecule has 1 amide bonds. The molecule has 35 heavy (non-hydrogen) atoms. The van der Waals surface area contributed by atoms with Crippen LogP contribution in [0.5, 0.6) is 17.2 Å². The molecule has 7 nitrogen and oxygen atoms in total. The lowest BCUT2D eigenvalue weighted by Crippen LogP contribution is -2.13. The summed E-state index contributed by atoms with van der Waals surface area (Å²) < 4.78 is 15.8. The van der Waals surface area contributed by atoms with Gasteiger partial charge < -0.3 is 19.5 Å². The number of ether oxygens (including phenoxy) is 3. The van der Waals surface area contributed by atoms with Crippen molar-refractivity contribution in [2.75, 3.05) is 19.5 Å². The topological polar surface area (TPSA) is 97.7 Å². The van der Waals surface area contributed by atoms with Gasteiger partial charge in [-0.25, -0.2) is 4.79 Å². The highest BCUT2D eigenvalue weighted by Gasteiger charge is 2.18. The number of nitrogens with one attached hydrogen (secondary N) is 1. The molecular weight excluding hydrogens is 515 g/mol. The van der Waals surface area contributed by atoms with Gasteiger partial charge in [0.2, 0.25) is 0 Å². The number of methoxy groups -OCH3 is 2. The number of nitrogens with zero attached hydrogens (tertiary/aromatic N) is 1. The smallest absolute Gasteiger partial charge is 0.343 e. The van der Waals surface area contributed by atoms with Gasteiger partial charge in [0.15, 0.2) is 11.5 Å². The Morgan fingerprint density at radius 1 is 0.943 bits per heavy atom. The highest BCUT2D eigenvalue weighted by Crippen LogP contribution is 2.37. The van der Waals surface area contributed by atoms with Crippen LogP contribution >= 0.6 is 34.8 Å². The Bertz CT molecular complexity index is 1350. The molecule has 3 aromatic rings. The Balaban J connectivity index is 1.86. The van der Waals surface area contributed by atoms with Crippen molar-refractivity contribution in [3.63, 3.8) is 0 Å². The lowest BCUT2D eigenvalue weighted by Gasteiger charge is -2.12. The van der Waals surface area contributed by atoms with Gasteiger partial charge in [0.05, 0.1) is 35.5 Å². The second kappa shape index (κ2) is 11.6. The molecule has 0 unspecified atom stereocenters. The average molecular weight is 532 g/mol. The minimum absolute atomic E-state index is 0.0131. The van der Waals surface area contributed by atoms with Crippen LogP contribution in [0.3, 0.4) is 0 Å². The second-order valence-corrected chi connectivity index (χ2v) is 8.15. The molecule has 0 saturated heterocycles. The zero-order valence-corrected chi connectivity index (χ0v) is 20.7. The van der Waals surface area contributed by atoms with E-state index in [1.165, 1.54) is 44.6 Å². The van der Waals surface area contributed by atoms with Gasteiger partial charge >= 0.3 is 5.97 Å². The van der Waals surface area contributed by atoms with Crippen molar-refractivity contribution in [3.05, 3.63) is 86.4 Å². The fourth-order valence-corrected chi connectivity index (χ4v) is 3.49. The predicted octanol–water partition coefficient (Wildman–Crippen LogP) is 6.43. The normalized spacial score (nSPS) is 10.8. The summed E-state index contributed by atoms with van der Waals surface area (Å²) in [6, 6.07) is 15.6. The Hall–Kier alpha value is -3.70. The Labute approximate surface area is 216 Å². The van der Waals surface area contributed by atoms with E-state index in [0.29, 0.717) is 16.3 Å². The van der Waals surface area contributed by atoms with Crippen LogP contribution in [-0.2, 0) is 4.79 Å². The lowest BCUT2D eigenvalue weighted by molar-refractivity contribution is -0.112. The molecule has 178 valence electrons. The highest BCUT2D eigenvalue weighted by atomic mass is 35.5. The number of rotatable bonds is 7. The predicted molar refractivity (Wildman–Crippen MR) is 135 cm³/mol. The number of benzene rings is 3. The van der Waals surface area contributed by atoms with Crippen LogP contribution in [0.2, 0.25) is 15.1 Å². The molecule has 0 heterocycles. The molecule has 0 spiro atoms. The first-order chi connectivity index (χ1) is 16.7. The Kier molecular flexibility index (Phi) is 8.61. The zero-order chi connectivity index (χ0) is 25.5. The number of halogens is 3. The van der Waals surface area contributed by atoms with E-state index in [1.54, 1.807) is 30.3 Å². The number of carbonyl (C=O) groups is 2. The number of anilines is 1. The molecule has 0 aliphatic heterocycles. The van der Waals surface area contributed by atoms with Gasteiger partial charge in [-0.3, -0.25) is 4.79 Å². The molecule has 1 N–H and O–H groups in total. The summed E-state index contributed by atoms with van der Waals surface area (Å²) in [4.78, 5) is 25.2. The van der Waals surface area contributed by atoms with Crippen molar-refractivity contribution < 1.29 is 23.8 Å². The Morgan fingerprint density at radius 2 is 1.66 bits per heavy atom. The first kappa shape index (κ1) is 25.9.